The average Bonchev–Trinajstić information content (AvgIpc) is 3.61. The van der Waals surface area contributed by atoms with Gasteiger partial charge in [-0.05, 0) is 54.6 Å². The standard InChI is InChI=1S/C39H21N5/c40-22-25-8-5-10-28(20-25)43-36-17-4-2-11-29(36)30-12-6-13-31(38(30)43)32-14-7-15-33-34-21-26(23-41)18-19-37(34)44(39(32)33)35-16-3-1-9-27(35)24-42/h1-21H. The predicted octanol–water partition coefficient (Wildman–Crippen LogP) is 9.16. The highest BCUT2D eigenvalue weighted by Gasteiger charge is 2.22. The molecule has 0 unspecified atom stereocenters. The molecule has 0 radical (unpaired) electrons. The summed E-state index contributed by atoms with van der Waals surface area (Å²) in [6.45, 7) is 0. The minimum absolute atomic E-state index is 0.561. The first-order valence-corrected chi connectivity index (χ1v) is 14.2. The summed E-state index contributed by atoms with van der Waals surface area (Å²) in [5.74, 6) is 0. The van der Waals surface area contributed by atoms with E-state index >= 15 is 0 Å². The molecular weight excluding hydrogens is 538 g/mol. The summed E-state index contributed by atoms with van der Waals surface area (Å²) in [6, 6.07) is 49.0. The molecule has 0 N–H and O–H groups in total. The summed E-state index contributed by atoms with van der Waals surface area (Å²) in [6.07, 6.45) is 0. The fraction of sp³-hybridized carbons (Fsp3) is 0. The molecule has 44 heavy (non-hydrogen) atoms. The monoisotopic (exact) mass is 559 g/mol. The molecule has 202 valence electrons. The molecule has 2 aromatic heterocycles. The van der Waals surface area contributed by atoms with Gasteiger partial charge in [0.25, 0.3) is 0 Å². The van der Waals surface area contributed by atoms with Gasteiger partial charge in [-0.1, -0.05) is 72.8 Å². The highest BCUT2D eigenvalue weighted by molar-refractivity contribution is 6.19. The lowest BCUT2D eigenvalue weighted by Gasteiger charge is -2.15. The second-order valence-electron chi connectivity index (χ2n) is 10.7. The molecule has 0 amide bonds. The van der Waals surface area contributed by atoms with Crippen LogP contribution in [0.15, 0.2) is 127 Å². The summed E-state index contributed by atoms with van der Waals surface area (Å²) in [7, 11) is 0. The number of nitrogens with zero attached hydrogens (tertiary/aromatic N) is 5. The van der Waals surface area contributed by atoms with Gasteiger partial charge in [0, 0.05) is 38.4 Å². The van der Waals surface area contributed by atoms with Gasteiger partial charge in [0.2, 0.25) is 0 Å². The maximum absolute atomic E-state index is 10.1. The topological polar surface area (TPSA) is 81.2 Å². The Hall–Kier alpha value is -6.61. The highest BCUT2D eigenvalue weighted by atomic mass is 15.0. The first-order chi connectivity index (χ1) is 21.7. The van der Waals surface area contributed by atoms with E-state index in [1.54, 1.807) is 0 Å². The Morgan fingerprint density at radius 2 is 1.05 bits per heavy atom. The lowest BCUT2D eigenvalue weighted by Crippen LogP contribution is -2.00. The van der Waals surface area contributed by atoms with Crippen LogP contribution < -0.4 is 0 Å². The van der Waals surface area contributed by atoms with Crippen molar-refractivity contribution in [1.82, 2.24) is 9.13 Å². The Labute approximate surface area is 252 Å². The van der Waals surface area contributed by atoms with E-state index in [-0.39, 0.29) is 0 Å². The molecule has 5 nitrogen and oxygen atoms in total. The van der Waals surface area contributed by atoms with Crippen LogP contribution in [-0.2, 0) is 0 Å². The molecule has 2 heterocycles. The van der Waals surface area contributed by atoms with Crippen molar-refractivity contribution >= 4 is 43.6 Å². The van der Waals surface area contributed by atoms with Crippen LogP contribution >= 0.6 is 0 Å². The van der Waals surface area contributed by atoms with E-state index in [1.807, 2.05) is 72.8 Å². The lowest BCUT2D eigenvalue weighted by atomic mass is 9.98. The maximum Gasteiger partial charge on any atom is 0.101 e. The van der Waals surface area contributed by atoms with Gasteiger partial charge in [-0.3, -0.25) is 0 Å². The van der Waals surface area contributed by atoms with Crippen molar-refractivity contribution < 1.29 is 0 Å². The summed E-state index contributed by atoms with van der Waals surface area (Å²) in [4.78, 5) is 0. The molecule has 6 aromatic carbocycles. The molecule has 0 spiro atoms. The van der Waals surface area contributed by atoms with Crippen molar-refractivity contribution in [2.45, 2.75) is 0 Å². The second kappa shape index (κ2) is 9.74. The van der Waals surface area contributed by atoms with Gasteiger partial charge in [0.1, 0.15) is 6.07 Å². The Morgan fingerprint density at radius 3 is 1.82 bits per heavy atom. The Bertz CT molecular complexity index is 2600. The van der Waals surface area contributed by atoms with E-state index < -0.39 is 0 Å². The first kappa shape index (κ1) is 25.1. The van der Waals surface area contributed by atoms with Gasteiger partial charge in [0.15, 0.2) is 0 Å². The van der Waals surface area contributed by atoms with Crippen molar-refractivity contribution in [1.29, 1.82) is 15.8 Å². The number of para-hydroxylation sites is 4. The van der Waals surface area contributed by atoms with E-state index in [2.05, 4.69) is 81.9 Å². The largest absolute Gasteiger partial charge is 0.309 e. The number of hydrogen-bond donors (Lipinski definition) is 0. The molecule has 5 heteroatoms. The van der Waals surface area contributed by atoms with Crippen molar-refractivity contribution in [3.63, 3.8) is 0 Å². The van der Waals surface area contributed by atoms with Crippen molar-refractivity contribution in [2.75, 3.05) is 0 Å². The Kier molecular flexibility index (Phi) is 5.56. The van der Waals surface area contributed by atoms with Gasteiger partial charge in [0.05, 0.1) is 56.6 Å². The number of benzene rings is 6. The fourth-order valence-electron chi connectivity index (χ4n) is 6.59. The van der Waals surface area contributed by atoms with Crippen LogP contribution in [0.3, 0.4) is 0 Å². The smallest absolute Gasteiger partial charge is 0.101 e. The molecule has 0 aliphatic heterocycles. The van der Waals surface area contributed by atoms with E-state index in [1.165, 1.54) is 0 Å². The van der Waals surface area contributed by atoms with E-state index in [0.29, 0.717) is 16.7 Å². The number of aromatic nitrogens is 2. The molecule has 8 aromatic rings. The lowest BCUT2D eigenvalue weighted by molar-refractivity contribution is 1.16. The van der Waals surface area contributed by atoms with Gasteiger partial charge in [-0.25, -0.2) is 0 Å². The van der Waals surface area contributed by atoms with Crippen LogP contribution in [0.5, 0.6) is 0 Å². The third-order valence-electron chi connectivity index (χ3n) is 8.40. The fourth-order valence-corrected chi connectivity index (χ4v) is 6.59. The molecule has 0 fully saturated rings. The van der Waals surface area contributed by atoms with Crippen LogP contribution in [0.1, 0.15) is 16.7 Å². The molecule has 0 aliphatic rings. The van der Waals surface area contributed by atoms with Gasteiger partial charge in [-0.2, -0.15) is 15.8 Å². The van der Waals surface area contributed by atoms with Crippen LogP contribution in [-0.4, -0.2) is 9.13 Å². The zero-order valence-corrected chi connectivity index (χ0v) is 23.4. The van der Waals surface area contributed by atoms with Gasteiger partial charge in [-0.15, -0.1) is 0 Å². The number of rotatable bonds is 3. The molecular formula is C39H21N5. The molecule has 0 aliphatic carbocycles. The van der Waals surface area contributed by atoms with Crippen molar-refractivity contribution in [3.05, 3.63) is 144 Å². The predicted molar refractivity (Wildman–Crippen MR) is 175 cm³/mol. The number of hydrogen-bond acceptors (Lipinski definition) is 3. The summed E-state index contributed by atoms with van der Waals surface area (Å²) >= 11 is 0. The minimum Gasteiger partial charge on any atom is -0.309 e. The SMILES string of the molecule is N#Cc1cccc(-n2c3ccccc3c3cccc(-c4cccc5c6cc(C#N)ccc6n(-c6ccccc6C#N)c45)c32)c1. The van der Waals surface area contributed by atoms with Crippen LogP contribution in [0, 0.1) is 34.0 Å². The first-order valence-electron chi connectivity index (χ1n) is 14.2. The number of fused-ring (bicyclic) bond motifs is 6. The zero-order valence-electron chi connectivity index (χ0n) is 23.4. The highest BCUT2D eigenvalue weighted by Crippen LogP contribution is 2.43. The normalized spacial score (nSPS) is 11.1. The van der Waals surface area contributed by atoms with Crippen LogP contribution in [0.25, 0.3) is 66.1 Å². The van der Waals surface area contributed by atoms with E-state index in [9.17, 15) is 15.8 Å². The summed E-state index contributed by atoms with van der Waals surface area (Å²) in [5.41, 5.74) is 9.38. The van der Waals surface area contributed by atoms with Crippen molar-refractivity contribution in [2.24, 2.45) is 0 Å². The van der Waals surface area contributed by atoms with E-state index in [0.717, 1.165) is 66.1 Å². The second-order valence-corrected chi connectivity index (χ2v) is 10.7. The molecule has 8 rings (SSSR count). The van der Waals surface area contributed by atoms with Crippen LogP contribution in [0.4, 0.5) is 0 Å². The number of nitriles is 3. The van der Waals surface area contributed by atoms with Gasteiger partial charge >= 0.3 is 0 Å². The quantitative estimate of drug-likeness (QED) is 0.216. The van der Waals surface area contributed by atoms with Crippen molar-refractivity contribution in [3.8, 4) is 40.7 Å². The van der Waals surface area contributed by atoms with E-state index in [4.69, 9.17) is 0 Å². The molecule has 0 saturated heterocycles. The van der Waals surface area contributed by atoms with Crippen LogP contribution in [0.2, 0.25) is 0 Å². The minimum atomic E-state index is 0.561. The Morgan fingerprint density at radius 1 is 0.432 bits per heavy atom. The Balaban J connectivity index is 1.58. The summed E-state index contributed by atoms with van der Waals surface area (Å²) in [5, 5.41) is 33.8. The average molecular weight is 560 g/mol. The molecule has 0 atom stereocenters. The molecule has 0 saturated carbocycles. The third kappa shape index (κ3) is 3.56. The van der Waals surface area contributed by atoms with Gasteiger partial charge < -0.3 is 9.13 Å². The molecule has 0 bridgehead atoms. The third-order valence-corrected chi connectivity index (χ3v) is 8.40. The maximum atomic E-state index is 10.1. The summed E-state index contributed by atoms with van der Waals surface area (Å²) < 4.78 is 4.39. The zero-order chi connectivity index (χ0) is 29.8.